The molecule has 0 amide bonds. The van der Waals surface area contributed by atoms with E-state index in [1.54, 1.807) is 0 Å². The first kappa shape index (κ1) is 12.9. The first-order valence-corrected chi connectivity index (χ1v) is 6.95. The molecule has 2 rings (SSSR count). The van der Waals surface area contributed by atoms with Gasteiger partial charge in [-0.25, -0.2) is 4.98 Å². The number of pyridine rings is 1. The summed E-state index contributed by atoms with van der Waals surface area (Å²) in [6.45, 7) is 4.32. The van der Waals surface area contributed by atoms with Crippen LogP contribution in [0.1, 0.15) is 50.3 Å². The van der Waals surface area contributed by atoms with Crippen LogP contribution in [0.15, 0.2) is 18.3 Å². The molecule has 2 heterocycles. The van der Waals surface area contributed by atoms with Crippen LogP contribution in [0.5, 0.6) is 0 Å². The predicted molar refractivity (Wildman–Crippen MR) is 76.8 cm³/mol. The van der Waals surface area contributed by atoms with Crippen molar-refractivity contribution in [2.45, 2.75) is 52.4 Å². The minimum absolute atomic E-state index is 0.806. The van der Waals surface area contributed by atoms with Crippen molar-refractivity contribution in [2.24, 2.45) is 0 Å². The summed E-state index contributed by atoms with van der Waals surface area (Å²) in [6, 6.07) is 4.15. The van der Waals surface area contributed by atoms with E-state index in [0.717, 1.165) is 23.6 Å². The molecular formula is C15H23N3. The van der Waals surface area contributed by atoms with Crippen molar-refractivity contribution in [1.82, 2.24) is 9.38 Å². The summed E-state index contributed by atoms with van der Waals surface area (Å²) in [4.78, 5) is 4.63. The van der Waals surface area contributed by atoms with Crippen molar-refractivity contribution in [1.29, 1.82) is 0 Å². The van der Waals surface area contributed by atoms with Crippen LogP contribution in [0.4, 0.5) is 5.82 Å². The van der Waals surface area contributed by atoms with Gasteiger partial charge in [0.15, 0.2) is 0 Å². The molecule has 0 bridgehead atoms. The highest BCUT2D eigenvalue weighted by Crippen LogP contribution is 2.18. The number of nitrogens with two attached hydrogens (primary N) is 1. The second-order valence-electron chi connectivity index (χ2n) is 5.04. The minimum atomic E-state index is 0.806. The van der Waals surface area contributed by atoms with Crippen molar-refractivity contribution in [3.8, 4) is 0 Å². The Hall–Kier alpha value is -1.51. The van der Waals surface area contributed by atoms with Gasteiger partial charge in [0, 0.05) is 6.20 Å². The SMILES string of the molecule is CCCCCCCc1nc2cc(C)ccn2c1N. The fraction of sp³-hybridized carbons (Fsp3) is 0.533. The summed E-state index contributed by atoms with van der Waals surface area (Å²) in [6.07, 6.45) is 9.41. The average Bonchev–Trinajstić information content (AvgIpc) is 2.65. The highest BCUT2D eigenvalue weighted by Gasteiger charge is 2.08. The molecule has 0 atom stereocenters. The number of imidazole rings is 1. The molecule has 2 N–H and O–H groups in total. The van der Waals surface area contributed by atoms with Gasteiger partial charge in [0.05, 0.1) is 5.69 Å². The van der Waals surface area contributed by atoms with E-state index in [4.69, 9.17) is 5.73 Å². The van der Waals surface area contributed by atoms with Crippen LogP contribution in [0, 0.1) is 6.92 Å². The number of hydrogen-bond acceptors (Lipinski definition) is 2. The number of fused-ring (bicyclic) bond motifs is 1. The third-order valence-electron chi connectivity index (χ3n) is 3.41. The topological polar surface area (TPSA) is 43.3 Å². The van der Waals surface area contributed by atoms with Crippen molar-refractivity contribution >= 4 is 11.5 Å². The zero-order valence-corrected chi connectivity index (χ0v) is 11.4. The number of aromatic nitrogens is 2. The number of rotatable bonds is 6. The smallest absolute Gasteiger partial charge is 0.138 e. The molecule has 3 nitrogen and oxygen atoms in total. The molecule has 2 aromatic rings. The molecule has 0 aromatic carbocycles. The molecule has 0 spiro atoms. The molecule has 0 aliphatic heterocycles. The van der Waals surface area contributed by atoms with Crippen LogP contribution in [0.25, 0.3) is 5.65 Å². The predicted octanol–water partition coefficient (Wildman–Crippen LogP) is 3.74. The normalized spacial score (nSPS) is 11.2. The van der Waals surface area contributed by atoms with Gasteiger partial charge in [0.1, 0.15) is 11.5 Å². The van der Waals surface area contributed by atoms with Gasteiger partial charge < -0.3 is 5.73 Å². The van der Waals surface area contributed by atoms with Crippen LogP contribution < -0.4 is 5.73 Å². The van der Waals surface area contributed by atoms with Gasteiger partial charge >= 0.3 is 0 Å². The van der Waals surface area contributed by atoms with Crippen molar-refractivity contribution < 1.29 is 0 Å². The lowest BCUT2D eigenvalue weighted by molar-refractivity contribution is 0.629. The Morgan fingerprint density at radius 2 is 2.00 bits per heavy atom. The Balaban J connectivity index is 2.02. The number of unbranched alkanes of at least 4 members (excludes halogenated alkanes) is 4. The lowest BCUT2D eigenvalue weighted by Gasteiger charge is -2.00. The molecule has 3 heteroatoms. The van der Waals surface area contributed by atoms with Gasteiger partial charge in [-0.15, -0.1) is 0 Å². The summed E-state index contributed by atoms with van der Waals surface area (Å²) in [5.41, 5.74) is 9.38. The van der Waals surface area contributed by atoms with E-state index in [0.29, 0.717) is 0 Å². The summed E-state index contributed by atoms with van der Waals surface area (Å²) in [5, 5.41) is 0. The Morgan fingerprint density at radius 1 is 1.22 bits per heavy atom. The Kier molecular flexibility index (Phi) is 4.24. The standard InChI is InChI=1S/C15H23N3/c1-3-4-5-6-7-8-13-15(16)18-10-9-12(2)11-14(18)17-13/h9-11H,3-8,16H2,1-2H3. The van der Waals surface area contributed by atoms with E-state index >= 15 is 0 Å². The molecule has 18 heavy (non-hydrogen) atoms. The van der Waals surface area contributed by atoms with E-state index in [1.165, 1.54) is 37.7 Å². The monoisotopic (exact) mass is 245 g/mol. The second-order valence-corrected chi connectivity index (χ2v) is 5.04. The fourth-order valence-electron chi connectivity index (χ4n) is 2.29. The Bertz CT molecular complexity index is 514. The summed E-state index contributed by atoms with van der Waals surface area (Å²) in [5.74, 6) is 0.806. The fourth-order valence-corrected chi connectivity index (χ4v) is 2.29. The van der Waals surface area contributed by atoms with Gasteiger partial charge in [-0.05, 0) is 37.5 Å². The number of hydrogen-bond donors (Lipinski definition) is 1. The molecule has 0 fully saturated rings. The van der Waals surface area contributed by atoms with Gasteiger partial charge in [0.2, 0.25) is 0 Å². The lowest BCUT2D eigenvalue weighted by atomic mass is 10.1. The quantitative estimate of drug-likeness (QED) is 0.788. The Labute approximate surface area is 109 Å². The minimum Gasteiger partial charge on any atom is -0.383 e. The highest BCUT2D eigenvalue weighted by atomic mass is 15.1. The molecule has 0 saturated carbocycles. The molecule has 0 radical (unpaired) electrons. The molecule has 0 saturated heterocycles. The van der Waals surface area contributed by atoms with E-state index in [-0.39, 0.29) is 0 Å². The summed E-state index contributed by atoms with van der Waals surface area (Å²) >= 11 is 0. The number of nitrogen functional groups attached to an aromatic ring is 1. The van der Waals surface area contributed by atoms with Crippen LogP contribution >= 0.6 is 0 Å². The van der Waals surface area contributed by atoms with E-state index in [2.05, 4.69) is 31.0 Å². The molecule has 0 aliphatic rings. The zero-order valence-electron chi connectivity index (χ0n) is 11.4. The molecular weight excluding hydrogens is 222 g/mol. The number of aryl methyl sites for hydroxylation is 2. The van der Waals surface area contributed by atoms with Gasteiger partial charge in [-0.1, -0.05) is 32.6 Å². The van der Waals surface area contributed by atoms with Gasteiger partial charge in [-0.3, -0.25) is 4.40 Å². The zero-order chi connectivity index (χ0) is 13.0. The van der Waals surface area contributed by atoms with E-state index in [1.807, 2.05) is 10.6 Å². The molecule has 98 valence electrons. The molecule has 0 aliphatic carbocycles. The van der Waals surface area contributed by atoms with Crippen LogP contribution in [0.2, 0.25) is 0 Å². The average molecular weight is 245 g/mol. The summed E-state index contributed by atoms with van der Waals surface area (Å²) < 4.78 is 1.98. The first-order chi connectivity index (χ1) is 8.72. The van der Waals surface area contributed by atoms with Gasteiger partial charge in [0.25, 0.3) is 0 Å². The number of nitrogens with zero attached hydrogens (tertiary/aromatic N) is 2. The maximum Gasteiger partial charge on any atom is 0.138 e. The van der Waals surface area contributed by atoms with Crippen molar-refractivity contribution in [3.05, 3.63) is 29.6 Å². The Morgan fingerprint density at radius 3 is 2.78 bits per heavy atom. The largest absolute Gasteiger partial charge is 0.383 e. The lowest BCUT2D eigenvalue weighted by Crippen LogP contribution is -1.96. The number of anilines is 1. The van der Waals surface area contributed by atoms with Crippen molar-refractivity contribution in [3.63, 3.8) is 0 Å². The highest BCUT2D eigenvalue weighted by molar-refractivity contribution is 5.53. The van der Waals surface area contributed by atoms with E-state index < -0.39 is 0 Å². The van der Waals surface area contributed by atoms with E-state index in [9.17, 15) is 0 Å². The maximum atomic E-state index is 6.13. The third-order valence-corrected chi connectivity index (χ3v) is 3.41. The van der Waals surface area contributed by atoms with Crippen LogP contribution in [0.3, 0.4) is 0 Å². The third kappa shape index (κ3) is 2.84. The van der Waals surface area contributed by atoms with Crippen molar-refractivity contribution in [2.75, 3.05) is 5.73 Å². The first-order valence-electron chi connectivity index (χ1n) is 6.95. The second kappa shape index (κ2) is 5.89. The van der Waals surface area contributed by atoms with Gasteiger partial charge in [-0.2, -0.15) is 0 Å². The summed E-state index contributed by atoms with van der Waals surface area (Å²) in [7, 11) is 0. The van der Waals surface area contributed by atoms with Crippen LogP contribution in [-0.4, -0.2) is 9.38 Å². The van der Waals surface area contributed by atoms with Crippen LogP contribution in [-0.2, 0) is 6.42 Å². The maximum absolute atomic E-state index is 6.13. The molecule has 2 aromatic heterocycles. The molecule has 0 unspecified atom stereocenters.